The highest BCUT2D eigenvalue weighted by Crippen LogP contribution is 2.32. The molecule has 1 aliphatic carbocycles. The van der Waals surface area contributed by atoms with E-state index in [2.05, 4.69) is 4.84 Å². The normalized spacial score (nSPS) is 33.7. The quantitative estimate of drug-likeness (QED) is 0.519. The van der Waals surface area contributed by atoms with Crippen LogP contribution in [0.25, 0.3) is 0 Å². The van der Waals surface area contributed by atoms with E-state index >= 15 is 0 Å². The summed E-state index contributed by atoms with van der Waals surface area (Å²) >= 11 is 0. The number of nitrogens with zero attached hydrogens (tertiary/aromatic N) is 1. The molecular formula is C11H13NO7. The Morgan fingerprint density at radius 3 is 2.26 bits per heavy atom. The van der Waals surface area contributed by atoms with Crippen LogP contribution in [0.4, 0.5) is 4.79 Å². The highest BCUT2D eigenvalue weighted by atomic mass is 16.8. The molecule has 3 fully saturated rings. The number of amides is 2. The van der Waals surface area contributed by atoms with Gasteiger partial charge in [-0.25, -0.2) is 4.79 Å². The molecule has 0 spiro atoms. The van der Waals surface area contributed by atoms with Gasteiger partial charge >= 0.3 is 6.16 Å². The molecule has 3 aliphatic rings. The summed E-state index contributed by atoms with van der Waals surface area (Å²) in [6.45, 7) is 0.267. The third-order valence-electron chi connectivity index (χ3n) is 3.40. The Balaban J connectivity index is 1.49. The largest absolute Gasteiger partial charge is 0.534 e. The van der Waals surface area contributed by atoms with Gasteiger partial charge in [0.15, 0.2) is 0 Å². The number of carbonyl (C=O) groups excluding carboxylic acids is 3. The highest BCUT2D eigenvalue weighted by Gasteiger charge is 2.42. The van der Waals surface area contributed by atoms with E-state index in [0.29, 0.717) is 17.9 Å². The Morgan fingerprint density at radius 1 is 1.11 bits per heavy atom. The SMILES string of the molecule is O=C(O[C@H]1C[C@@H]2OCO[C@@H]2C1)ON1C(=O)CCC1=O. The average Bonchev–Trinajstić information content (AvgIpc) is 2.99. The Morgan fingerprint density at radius 2 is 1.68 bits per heavy atom. The van der Waals surface area contributed by atoms with Crippen LogP contribution in [-0.4, -0.2) is 48.1 Å². The van der Waals surface area contributed by atoms with Crippen LogP contribution < -0.4 is 0 Å². The molecule has 0 unspecified atom stereocenters. The zero-order chi connectivity index (χ0) is 13.4. The van der Waals surface area contributed by atoms with Crippen LogP contribution in [0, 0.1) is 0 Å². The minimum absolute atomic E-state index is 0.0569. The standard InChI is InChI=1S/C11H13NO7/c13-9-1-2-10(14)12(9)19-11(15)18-6-3-7-8(4-6)17-5-16-7/h6-8H,1-5H2/t6-,7-,8+. The summed E-state index contributed by atoms with van der Waals surface area (Å²) in [4.78, 5) is 38.6. The van der Waals surface area contributed by atoms with Crippen LogP contribution in [0.1, 0.15) is 25.7 Å². The van der Waals surface area contributed by atoms with E-state index in [-0.39, 0.29) is 37.9 Å². The fourth-order valence-corrected chi connectivity index (χ4v) is 2.47. The molecule has 3 rings (SSSR count). The molecule has 2 amide bonds. The lowest BCUT2D eigenvalue weighted by Gasteiger charge is -2.15. The van der Waals surface area contributed by atoms with Crippen molar-refractivity contribution in [3.05, 3.63) is 0 Å². The summed E-state index contributed by atoms with van der Waals surface area (Å²) in [5.74, 6) is -1.06. The second-order valence-electron chi connectivity index (χ2n) is 4.66. The van der Waals surface area contributed by atoms with Crippen LogP contribution in [0.15, 0.2) is 0 Å². The number of hydrogen-bond acceptors (Lipinski definition) is 7. The van der Waals surface area contributed by atoms with E-state index in [4.69, 9.17) is 14.2 Å². The summed E-state index contributed by atoms with van der Waals surface area (Å²) in [6.07, 6.45) is -0.378. The molecule has 0 radical (unpaired) electrons. The predicted molar refractivity (Wildman–Crippen MR) is 56.3 cm³/mol. The predicted octanol–water partition coefficient (Wildman–Crippen LogP) is 0.107. The second-order valence-corrected chi connectivity index (χ2v) is 4.66. The van der Waals surface area contributed by atoms with Crippen molar-refractivity contribution in [1.29, 1.82) is 0 Å². The zero-order valence-electron chi connectivity index (χ0n) is 10.1. The molecule has 0 aromatic rings. The molecule has 1 saturated carbocycles. The van der Waals surface area contributed by atoms with Gasteiger partial charge in [0.05, 0.1) is 12.2 Å². The summed E-state index contributed by atoms with van der Waals surface area (Å²) in [7, 11) is 0. The minimum Gasteiger partial charge on any atom is -0.429 e. The fraction of sp³-hybridized carbons (Fsp3) is 0.727. The maximum absolute atomic E-state index is 11.5. The van der Waals surface area contributed by atoms with Crippen LogP contribution in [0.3, 0.4) is 0 Å². The number of imide groups is 1. The summed E-state index contributed by atoms with van der Waals surface area (Å²) in [5, 5.41) is 0.463. The lowest BCUT2D eigenvalue weighted by Crippen LogP contribution is -2.33. The minimum atomic E-state index is -1.05. The number of hydroxylamine groups is 2. The molecule has 8 nitrogen and oxygen atoms in total. The van der Waals surface area contributed by atoms with E-state index in [1.54, 1.807) is 0 Å². The number of hydrogen-bond donors (Lipinski definition) is 0. The second kappa shape index (κ2) is 4.78. The first kappa shape index (κ1) is 12.4. The average molecular weight is 271 g/mol. The van der Waals surface area contributed by atoms with Gasteiger partial charge in [0.25, 0.3) is 11.8 Å². The van der Waals surface area contributed by atoms with Gasteiger partial charge in [-0.05, 0) is 0 Å². The van der Waals surface area contributed by atoms with Gasteiger partial charge in [0.1, 0.15) is 12.9 Å². The van der Waals surface area contributed by atoms with Crippen molar-refractivity contribution >= 4 is 18.0 Å². The van der Waals surface area contributed by atoms with Gasteiger partial charge in [-0.2, -0.15) is 0 Å². The fourth-order valence-electron chi connectivity index (χ4n) is 2.47. The van der Waals surface area contributed by atoms with Crippen LogP contribution in [-0.2, 0) is 28.6 Å². The first-order valence-electron chi connectivity index (χ1n) is 6.11. The van der Waals surface area contributed by atoms with E-state index in [9.17, 15) is 14.4 Å². The van der Waals surface area contributed by atoms with E-state index in [1.165, 1.54) is 0 Å². The van der Waals surface area contributed by atoms with Crippen molar-refractivity contribution in [2.75, 3.05) is 6.79 Å². The number of rotatable bonds is 2. The molecule has 104 valence electrons. The molecule has 19 heavy (non-hydrogen) atoms. The topological polar surface area (TPSA) is 91.4 Å². The number of fused-ring (bicyclic) bond motifs is 1. The summed E-state index contributed by atoms with van der Waals surface area (Å²) in [6, 6.07) is 0. The third-order valence-corrected chi connectivity index (χ3v) is 3.40. The number of ether oxygens (including phenoxy) is 3. The van der Waals surface area contributed by atoms with Gasteiger partial charge in [-0.1, -0.05) is 5.06 Å². The summed E-state index contributed by atoms with van der Waals surface area (Å²) < 4.78 is 15.6. The molecule has 0 bridgehead atoms. The van der Waals surface area contributed by atoms with Crippen molar-refractivity contribution in [2.45, 2.75) is 44.0 Å². The highest BCUT2D eigenvalue weighted by molar-refractivity contribution is 6.01. The van der Waals surface area contributed by atoms with Crippen molar-refractivity contribution in [3.8, 4) is 0 Å². The van der Waals surface area contributed by atoms with Crippen LogP contribution in [0.5, 0.6) is 0 Å². The van der Waals surface area contributed by atoms with E-state index < -0.39 is 18.0 Å². The Bertz CT molecular complexity index is 395. The molecule has 8 heteroatoms. The van der Waals surface area contributed by atoms with Gasteiger partial charge < -0.3 is 14.2 Å². The lowest BCUT2D eigenvalue weighted by molar-refractivity contribution is -0.178. The smallest absolute Gasteiger partial charge is 0.429 e. The molecule has 2 heterocycles. The van der Waals surface area contributed by atoms with E-state index in [0.717, 1.165) is 0 Å². The van der Waals surface area contributed by atoms with Gasteiger partial charge in [-0.15, -0.1) is 0 Å². The maximum Gasteiger partial charge on any atom is 0.534 e. The first-order valence-corrected chi connectivity index (χ1v) is 6.11. The van der Waals surface area contributed by atoms with Crippen molar-refractivity contribution in [3.63, 3.8) is 0 Å². The zero-order valence-corrected chi connectivity index (χ0v) is 10.1. The molecule has 0 N–H and O–H groups in total. The van der Waals surface area contributed by atoms with Crippen molar-refractivity contribution in [2.24, 2.45) is 0 Å². The summed E-state index contributed by atoms with van der Waals surface area (Å²) in [5.41, 5.74) is 0. The Kier molecular flexibility index (Phi) is 3.11. The van der Waals surface area contributed by atoms with Crippen LogP contribution >= 0.6 is 0 Å². The van der Waals surface area contributed by atoms with Gasteiger partial charge in [0.2, 0.25) is 0 Å². The molecule has 3 atom stereocenters. The molecule has 0 aromatic carbocycles. The number of carbonyl (C=O) groups is 3. The first-order chi connectivity index (χ1) is 9.13. The van der Waals surface area contributed by atoms with Gasteiger partial charge in [-0.3, -0.25) is 14.4 Å². The van der Waals surface area contributed by atoms with Crippen molar-refractivity contribution < 1.29 is 33.4 Å². The monoisotopic (exact) mass is 271 g/mol. The lowest BCUT2D eigenvalue weighted by atomic mass is 10.3. The molecule has 2 aliphatic heterocycles. The molecule has 2 saturated heterocycles. The third kappa shape index (κ3) is 2.41. The Hall–Kier alpha value is -1.67. The molecular weight excluding hydrogens is 258 g/mol. The molecule has 0 aromatic heterocycles. The maximum atomic E-state index is 11.5. The van der Waals surface area contributed by atoms with Crippen molar-refractivity contribution in [1.82, 2.24) is 5.06 Å². The Labute approximate surface area is 108 Å². The van der Waals surface area contributed by atoms with Gasteiger partial charge in [0, 0.05) is 25.7 Å². The van der Waals surface area contributed by atoms with Crippen LogP contribution in [0.2, 0.25) is 0 Å². The van der Waals surface area contributed by atoms with E-state index in [1.807, 2.05) is 0 Å².